The summed E-state index contributed by atoms with van der Waals surface area (Å²) in [4.78, 5) is 16.5. The van der Waals surface area contributed by atoms with Gasteiger partial charge >= 0.3 is 0 Å². The standard InChI is InChI=1S/C16H13NO4S2/c1-21-14-8-4-2-6-11(14)13(18)10-23(19,20)16-17-12-7-3-5-9-15(12)22-16/h2-9H,10H2,1H3. The molecular formula is C16H13NO4S2. The minimum atomic E-state index is -3.79. The summed E-state index contributed by atoms with van der Waals surface area (Å²) in [6.45, 7) is 0. The van der Waals surface area contributed by atoms with E-state index in [0.717, 1.165) is 16.0 Å². The Morgan fingerprint density at radius 3 is 2.57 bits per heavy atom. The van der Waals surface area contributed by atoms with Gasteiger partial charge in [0.2, 0.25) is 14.2 Å². The molecule has 2 aromatic carbocycles. The van der Waals surface area contributed by atoms with Crippen LogP contribution in [0.5, 0.6) is 5.75 Å². The first-order valence-electron chi connectivity index (χ1n) is 6.76. The molecule has 3 aromatic rings. The van der Waals surface area contributed by atoms with Crippen LogP contribution in [-0.4, -0.2) is 32.0 Å². The number of Topliss-reactive ketones (excluding diaryl/α,β-unsaturated/α-hetero) is 1. The summed E-state index contributed by atoms with van der Waals surface area (Å²) in [5, 5.41) is 0. The molecule has 0 saturated carbocycles. The second kappa shape index (κ2) is 6.10. The van der Waals surface area contributed by atoms with E-state index in [1.165, 1.54) is 7.11 Å². The van der Waals surface area contributed by atoms with Gasteiger partial charge in [0.1, 0.15) is 11.5 Å². The number of benzene rings is 2. The number of ketones is 1. The lowest BCUT2D eigenvalue weighted by Gasteiger charge is -2.06. The maximum atomic E-state index is 12.5. The molecule has 0 radical (unpaired) electrons. The van der Waals surface area contributed by atoms with Crippen molar-refractivity contribution in [3.8, 4) is 5.75 Å². The maximum absolute atomic E-state index is 12.5. The molecule has 0 saturated heterocycles. The predicted molar refractivity (Wildman–Crippen MR) is 89.0 cm³/mol. The number of carbonyl (C=O) groups excluding carboxylic acids is 1. The van der Waals surface area contributed by atoms with Gasteiger partial charge in [-0.05, 0) is 24.3 Å². The van der Waals surface area contributed by atoms with Crippen LogP contribution in [0.3, 0.4) is 0 Å². The Bertz CT molecular complexity index is 943. The number of thiazole rings is 1. The van der Waals surface area contributed by atoms with Crippen molar-refractivity contribution in [3.05, 3.63) is 54.1 Å². The predicted octanol–water partition coefficient (Wildman–Crippen LogP) is 2.96. The molecular weight excluding hydrogens is 334 g/mol. The Balaban J connectivity index is 1.93. The first kappa shape index (κ1) is 15.6. The number of rotatable bonds is 5. The second-order valence-electron chi connectivity index (χ2n) is 4.83. The third-order valence-electron chi connectivity index (χ3n) is 3.27. The van der Waals surface area contributed by atoms with Gasteiger partial charge in [0, 0.05) is 0 Å². The third kappa shape index (κ3) is 3.11. The van der Waals surface area contributed by atoms with Crippen LogP contribution in [0.1, 0.15) is 10.4 Å². The molecule has 0 aliphatic carbocycles. The Hall–Kier alpha value is -2.25. The smallest absolute Gasteiger partial charge is 0.212 e. The number of methoxy groups -OCH3 is 1. The summed E-state index contributed by atoms with van der Waals surface area (Å²) in [6, 6.07) is 13.7. The SMILES string of the molecule is COc1ccccc1C(=O)CS(=O)(=O)c1nc2ccccc2s1. The first-order chi connectivity index (χ1) is 11.0. The highest BCUT2D eigenvalue weighted by atomic mass is 32.2. The zero-order valence-electron chi connectivity index (χ0n) is 12.2. The van der Waals surface area contributed by atoms with Crippen molar-refractivity contribution in [3.63, 3.8) is 0 Å². The van der Waals surface area contributed by atoms with E-state index in [2.05, 4.69) is 4.98 Å². The molecule has 118 valence electrons. The average molecular weight is 347 g/mol. The Kier molecular flexibility index (Phi) is 4.14. The third-order valence-corrected chi connectivity index (χ3v) is 6.38. The molecule has 0 aliphatic heterocycles. The Morgan fingerprint density at radius 1 is 1.13 bits per heavy atom. The van der Waals surface area contributed by atoms with Crippen molar-refractivity contribution in [2.45, 2.75) is 4.34 Å². The zero-order valence-corrected chi connectivity index (χ0v) is 13.9. The molecule has 0 N–H and O–H groups in total. The topological polar surface area (TPSA) is 73.3 Å². The maximum Gasteiger partial charge on any atom is 0.212 e. The zero-order chi connectivity index (χ0) is 16.4. The van der Waals surface area contributed by atoms with Crippen LogP contribution in [0.2, 0.25) is 0 Å². The number of hydrogen-bond donors (Lipinski definition) is 0. The molecule has 0 bridgehead atoms. The molecule has 0 amide bonds. The van der Waals surface area contributed by atoms with Gasteiger partial charge in [-0.3, -0.25) is 4.79 Å². The number of fused-ring (bicyclic) bond motifs is 1. The molecule has 23 heavy (non-hydrogen) atoms. The number of aromatic nitrogens is 1. The molecule has 5 nitrogen and oxygen atoms in total. The summed E-state index contributed by atoms with van der Waals surface area (Å²) < 4.78 is 30.8. The molecule has 1 heterocycles. The van der Waals surface area contributed by atoms with Crippen LogP contribution < -0.4 is 4.74 Å². The highest BCUT2D eigenvalue weighted by Crippen LogP contribution is 2.27. The van der Waals surface area contributed by atoms with Gasteiger partial charge in [-0.2, -0.15) is 0 Å². The van der Waals surface area contributed by atoms with E-state index in [-0.39, 0.29) is 9.90 Å². The summed E-state index contributed by atoms with van der Waals surface area (Å²) in [7, 11) is -2.35. The van der Waals surface area contributed by atoms with Crippen LogP contribution in [0.25, 0.3) is 10.2 Å². The van der Waals surface area contributed by atoms with Gasteiger partial charge in [0.25, 0.3) is 0 Å². The normalized spacial score (nSPS) is 11.5. The van der Waals surface area contributed by atoms with Crippen molar-refractivity contribution >= 4 is 37.2 Å². The largest absolute Gasteiger partial charge is 0.496 e. The molecule has 0 spiro atoms. The van der Waals surface area contributed by atoms with Crippen LogP contribution in [-0.2, 0) is 9.84 Å². The lowest BCUT2D eigenvalue weighted by molar-refractivity contribution is 0.101. The van der Waals surface area contributed by atoms with E-state index in [4.69, 9.17) is 4.74 Å². The summed E-state index contributed by atoms with van der Waals surface area (Å²) in [6.07, 6.45) is 0. The van der Waals surface area contributed by atoms with Gasteiger partial charge in [-0.1, -0.05) is 24.3 Å². The van der Waals surface area contributed by atoms with E-state index in [1.54, 1.807) is 42.5 Å². The molecule has 0 atom stereocenters. The summed E-state index contributed by atoms with van der Waals surface area (Å²) in [5.74, 6) is -0.786. The molecule has 0 aliphatic rings. The number of carbonyl (C=O) groups is 1. The fraction of sp³-hybridized carbons (Fsp3) is 0.125. The van der Waals surface area contributed by atoms with Crippen molar-refractivity contribution in [2.24, 2.45) is 0 Å². The number of para-hydroxylation sites is 2. The van der Waals surface area contributed by atoms with Crippen molar-refractivity contribution in [2.75, 3.05) is 12.9 Å². The van der Waals surface area contributed by atoms with Crippen LogP contribution in [0.4, 0.5) is 0 Å². The Labute approximate surface area is 137 Å². The van der Waals surface area contributed by atoms with E-state index in [1.807, 2.05) is 6.07 Å². The summed E-state index contributed by atoms with van der Waals surface area (Å²) >= 11 is 1.07. The fourth-order valence-electron chi connectivity index (χ4n) is 2.17. The lowest BCUT2D eigenvalue weighted by Crippen LogP contribution is -2.17. The number of sulfone groups is 1. The highest BCUT2D eigenvalue weighted by molar-refractivity contribution is 7.94. The van der Waals surface area contributed by atoms with Gasteiger partial charge in [-0.25, -0.2) is 13.4 Å². The summed E-state index contributed by atoms with van der Waals surface area (Å²) in [5.41, 5.74) is 0.862. The number of ether oxygens (including phenoxy) is 1. The van der Waals surface area contributed by atoms with Crippen molar-refractivity contribution < 1.29 is 17.9 Å². The fourth-order valence-corrected chi connectivity index (χ4v) is 4.68. The molecule has 0 unspecified atom stereocenters. The van der Waals surface area contributed by atoms with E-state index in [0.29, 0.717) is 11.3 Å². The van der Waals surface area contributed by atoms with Gasteiger partial charge in [0.15, 0.2) is 5.78 Å². The highest BCUT2D eigenvalue weighted by Gasteiger charge is 2.25. The van der Waals surface area contributed by atoms with Crippen LogP contribution in [0, 0.1) is 0 Å². The number of nitrogens with zero attached hydrogens (tertiary/aromatic N) is 1. The van der Waals surface area contributed by atoms with Gasteiger partial charge < -0.3 is 4.74 Å². The van der Waals surface area contributed by atoms with E-state index >= 15 is 0 Å². The Morgan fingerprint density at radius 2 is 1.83 bits per heavy atom. The van der Waals surface area contributed by atoms with Crippen LogP contribution >= 0.6 is 11.3 Å². The molecule has 0 fully saturated rings. The molecule has 1 aromatic heterocycles. The van der Waals surface area contributed by atoms with Gasteiger partial charge in [0.05, 0.1) is 22.9 Å². The minimum absolute atomic E-state index is 0.0399. The number of hydrogen-bond acceptors (Lipinski definition) is 6. The van der Waals surface area contributed by atoms with Crippen molar-refractivity contribution in [1.82, 2.24) is 4.98 Å². The minimum Gasteiger partial charge on any atom is -0.496 e. The van der Waals surface area contributed by atoms with Crippen LogP contribution in [0.15, 0.2) is 52.9 Å². The van der Waals surface area contributed by atoms with Crippen molar-refractivity contribution in [1.29, 1.82) is 0 Å². The monoisotopic (exact) mass is 347 g/mol. The van der Waals surface area contributed by atoms with E-state index in [9.17, 15) is 13.2 Å². The first-order valence-corrected chi connectivity index (χ1v) is 9.23. The molecule has 7 heteroatoms. The van der Waals surface area contributed by atoms with E-state index < -0.39 is 21.4 Å². The lowest BCUT2D eigenvalue weighted by atomic mass is 10.1. The molecule has 3 rings (SSSR count). The quantitative estimate of drug-likeness (QED) is 0.664. The van der Waals surface area contributed by atoms with Gasteiger partial charge in [-0.15, -0.1) is 11.3 Å². The average Bonchev–Trinajstić information content (AvgIpc) is 2.99. The second-order valence-corrected chi connectivity index (χ2v) is 8.02.